The van der Waals surface area contributed by atoms with Crippen LogP contribution in [0.1, 0.15) is 81.8 Å². The van der Waals surface area contributed by atoms with Gasteiger partial charge in [0.15, 0.2) is 0 Å². The van der Waals surface area contributed by atoms with Crippen LogP contribution in [0.5, 0.6) is 0 Å². The van der Waals surface area contributed by atoms with Crippen molar-refractivity contribution in [3.05, 3.63) is 173 Å². The number of fused-ring (bicyclic) bond motifs is 10. The van der Waals surface area contributed by atoms with Crippen molar-refractivity contribution in [3.63, 3.8) is 0 Å². The lowest BCUT2D eigenvalue weighted by Gasteiger charge is -2.52. The Morgan fingerprint density at radius 2 is 1.20 bits per heavy atom. The van der Waals surface area contributed by atoms with Gasteiger partial charge in [-0.15, -0.1) is 0 Å². The number of para-hydroxylation sites is 2. The molecule has 3 aliphatic heterocycles. The van der Waals surface area contributed by atoms with Crippen molar-refractivity contribution in [2.24, 2.45) is 0 Å². The van der Waals surface area contributed by atoms with Crippen molar-refractivity contribution in [3.8, 4) is 33.4 Å². The molecule has 0 fully saturated rings. The fourth-order valence-corrected chi connectivity index (χ4v) is 10.9. The van der Waals surface area contributed by atoms with Gasteiger partial charge in [-0.3, -0.25) is 0 Å². The van der Waals surface area contributed by atoms with Gasteiger partial charge in [-0.05, 0) is 103 Å². The molecule has 7 aromatic rings. The Morgan fingerprint density at radius 1 is 0.500 bits per heavy atom. The maximum absolute atomic E-state index is 2.73. The van der Waals surface area contributed by atoms with Crippen LogP contribution in [-0.4, -0.2) is 6.85 Å². The number of benzene rings is 7. The molecule has 0 bridgehead atoms. The SMILES string of the molecule is Cc1cc2c3c(c1)N(c1ccc(C(C)(C)C)cc1-c1ccccc1)c1c(ccc4c1C(C)(C)c1ccccc1-4)B3N1c3ccccc3C(C)(C)c3cccc-2c31. The van der Waals surface area contributed by atoms with Gasteiger partial charge in [0.05, 0.1) is 5.69 Å². The number of aryl methyl sites for hydroxylation is 1. The highest BCUT2D eigenvalue weighted by Crippen LogP contribution is 2.59. The van der Waals surface area contributed by atoms with Crippen LogP contribution >= 0.6 is 0 Å². The first-order valence-corrected chi connectivity index (χ1v) is 20.3. The van der Waals surface area contributed by atoms with Crippen molar-refractivity contribution < 1.29 is 0 Å². The predicted octanol–water partition coefficient (Wildman–Crippen LogP) is 12.6. The van der Waals surface area contributed by atoms with Crippen LogP contribution in [0.25, 0.3) is 33.4 Å². The minimum Gasteiger partial charge on any atom is -0.376 e. The lowest BCUT2D eigenvalue weighted by molar-refractivity contribution is 0.590. The van der Waals surface area contributed by atoms with Gasteiger partial charge in [0.25, 0.3) is 0 Å². The lowest BCUT2D eigenvalue weighted by atomic mass is 9.42. The Bertz CT molecular complexity index is 2820. The zero-order chi connectivity index (χ0) is 38.5. The monoisotopic (exact) mass is 722 g/mol. The van der Waals surface area contributed by atoms with Crippen LogP contribution in [0.3, 0.4) is 0 Å². The highest BCUT2D eigenvalue weighted by atomic mass is 15.2. The van der Waals surface area contributed by atoms with Gasteiger partial charge in [-0.25, -0.2) is 0 Å². The molecular weight excluding hydrogens is 675 g/mol. The van der Waals surface area contributed by atoms with Gasteiger partial charge in [0.2, 0.25) is 0 Å². The third-order valence-corrected chi connectivity index (χ3v) is 13.6. The fraction of sp³-hybridized carbons (Fsp3) is 0.208. The van der Waals surface area contributed by atoms with Crippen LogP contribution in [0, 0.1) is 6.92 Å². The van der Waals surface area contributed by atoms with Crippen molar-refractivity contribution >= 4 is 46.2 Å². The first kappa shape index (κ1) is 33.5. The molecule has 3 heteroatoms. The van der Waals surface area contributed by atoms with Crippen LogP contribution < -0.4 is 20.6 Å². The summed E-state index contributed by atoms with van der Waals surface area (Å²) in [6.07, 6.45) is 0. The Morgan fingerprint density at radius 3 is 1.98 bits per heavy atom. The number of nitrogens with zero attached hydrogens (tertiary/aromatic N) is 2. The van der Waals surface area contributed by atoms with Gasteiger partial charge >= 0.3 is 6.85 Å². The Kier molecular flexibility index (Phi) is 6.68. The van der Waals surface area contributed by atoms with E-state index in [1.807, 2.05) is 0 Å². The first-order valence-electron chi connectivity index (χ1n) is 20.3. The van der Waals surface area contributed by atoms with E-state index in [0.29, 0.717) is 0 Å². The zero-order valence-corrected chi connectivity index (χ0v) is 33.8. The molecule has 0 amide bonds. The normalized spacial score (nSPS) is 16.0. The molecule has 0 atom stereocenters. The first-order chi connectivity index (χ1) is 26.9. The van der Waals surface area contributed by atoms with E-state index in [4.69, 9.17) is 0 Å². The number of rotatable bonds is 2. The van der Waals surface area contributed by atoms with Crippen LogP contribution in [-0.2, 0) is 16.2 Å². The molecule has 0 aromatic heterocycles. The molecule has 56 heavy (non-hydrogen) atoms. The van der Waals surface area contributed by atoms with Crippen molar-refractivity contribution in [2.45, 2.75) is 71.6 Å². The molecule has 1 aliphatic carbocycles. The quantitative estimate of drug-likeness (QED) is 0.164. The molecule has 7 aromatic carbocycles. The summed E-state index contributed by atoms with van der Waals surface area (Å²) in [7, 11) is 0. The van der Waals surface area contributed by atoms with Crippen molar-refractivity contribution in [2.75, 3.05) is 9.71 Å². The summed E-state index contributed by atoms with van der Waals surface area (Å²) < 4.78 is 0. The van der Waals surface area contributed by atoms with Gasteiger partial charge in [-0.1, -0.05) is 164 Å². The Hall–Kier alpha value is -5.80. The second kappa shape index (κ2) is 11.2. The van der Waals surface area contributed by atoms with Gasteiger partial charge in [0.1, 0.15) is 0 Å². The minimum absolute atomic E-state index is 0.00279. The second-order valence-corrected chi connectivity index (χ2v) is 18.6. The maximum Gasteiger partial charge on any atom is 0.333 e. The Labute approximate surface area is 332 Å². The Balaban J connectivity index is 1.32. The molecule has 4 aliphatic rings. The van der Waals surface area contributed by atoms with E-state index >= 15 is 0 Å². The maximum atomic E-state index is 2.73. The minimum atomic E-state index is -0.225. The number of anilines is 5. The van der Waals surface area contributed by atoms with E-state index in [1.165, 1.54) is 106 Å². The third-order valence-electron chi connectivity index (χ3n) is 13.6. The van der Waals surface area contributed by atoms with E-state index in [9.17, 15) is 0 Å². The predicted molar refractivity (Wildman–Crippen MR) is 239 cm³/mol. The molecule has 0 saturated carbocycles. The van der Waals surface area contributed by atoms with Crippen LogP contribution in [0.15, 0.2) is 140 Å². The lowest BCUT2D eigenvalue weighted by Crippen LogP contribution is -2.63. The summed E-state index contributed by atoms with van der Waals surface area (Å²) in [6.45, 7) is 19.0. The van der Waals surface area contributed by atoms with E-state index in [0.717, 1.165) is 0 Å². The highest BCUT2D eigenvalue weighted by molar-refractivity contribution is 6.93. The second-order valence-electron chi connectivity index (χ2n) is 18.6. The average molecular weight is 723 g/mol. The van der Waals surface area contributed by atoms with Crippen molar-refractivity contribution in [1.29, 1.82) is 0 Å². The molecule has 272 valence electrons. The number of hydrogen-bond acceptors (Lipinski definition) is 2. The summed E-state index contributed by atoms with van der Waals surface area (Å²) in [6, 6.07) is 53.5. The highest BCUT2D eigenvalue weighted by Gasteiger charge is 2.52. The summed E-state index contributed by atoms with van der Waals surface area (Å²) in [5, 5.41) is 0. The van der Waals surface area contributed by atoms with E-state index in [-0.39, 0.29) is 23.1 Å². The van der Waals surface area contributed by atoms with Crippen LogP contribution in [0.2, 0.25) is 0 Å². The molecule has 11 rings (SSSR count). The molecule has 0 saturated heterocycles. The van der Waals surface area contributed by atoms with Gasteiger partial charge in [0, 0.05) is 44.7 Å². The smallest absolute Gasteiger partial charge is 0.333 e. The summed E-state index contributed by atoms with van der Waals surface area (Å²) >= 11 is 0. The molecule has 0 radical (unpaired) electrons. The molecule has 0 N–H and O–H groups in total. The fourth-order valence-electron chi connectivity index (χ4n) is 10.9. The van der Waals surface area contributed by atoms with Crippen molar-refractivity contribution in [1.82, 2.24) is 0 Å². The van der Waals surface area contributed by atoms with Gasteiger partial charge < -0.3 is 9.71 Å². The van der Waals surface area contributed by atoms with E-state index < -0.39 is 0 Å². The summed E-state index contributed by atoms with van der Waals surface area (Å²) in [5.41, 5.74) is 24.9. The molecule has 2 nitrogen and oxygen atoms in total. The average Bonchev–Trinajstić information content (AvgIpc) is 3.43. The zero-order valence-electron chi connectivity index (χ0n) is 33.8. The molecule has 3 heterocycles. The number of hydrogen-bond donors (Lipinski definition) is 0. The molecular formula is C53H47BN2. The van der Waals surface area contributed by atoms with E-state index in [2.05, 4.69) is 205 Å². The summed E-state index contributed by atoms with van der Waals surface area (Å²) in [5.74, 6) is 0. The van der Waals surface area contributed by atoms with Crippen LogP contribution in [0.4, 0.5) is 28.4 Å². The third kappa shape index (κ3) is 4.29. The topological polar surface area (TPSA) is 6.48 Å². The summed E-state index contributed by atoms with van der Waals surface area (Å²) in [4.78, 5) is 5.42. The largest absolute Gasteiger partial charge is 0.376 e. The molecule has 0 unspecified atom stereocenters. The van der Waals surface area contributed by atoms with E-state index in [1.54, 1.807) is 0 Å². The standard InChI is InChI=1S/C53H47BN2/c1-32-29-39-37-20-16-23-42-49(37)56(45-24-15-14-22-41(45)52(42,5)6)54-43-27-26-36-35-19-12-13-21-40(35)53(7,8)47(36)50(43)55(46(30-32)48(39)54)44-28-25-34(51(2,3)4)31-38(44)33-17-10-9-11-18-33/h9-31H,1-8H3. The van der Waals surface area contributed by atoms with Gasteiger partial charge in [-0.2, -0.15) is 0 Å². The molecule has 0 spiro atoms.